The van der Waals surface area contributed by atoms with Crippen LogP contribution in [0.3, 0.4) is 0 Å². The lowest BCUT2D eigenvalue weighted by Gasteiger charge is -1.91. The van der Waals surface area contributed by atoms with E-state index < -0.39 is 0 Å². The first kappa shape index (κ1) is 20.6. The number of nitrogens with one attached hydrogen (secondary N) is 2. The van der Waals surface area contributed by atoms with Crippen LogP contribution in [0, 0.1) is 0 Å². The monoisotopic (exact) mass is 456 g/mol. The largest absolute Gasteiger partial charge is 0.423 e. The van der Waals surface area contributed by atoms with Crippen molar-refractivity contribution in [3.05, 3.63) is 118 Å². The van der Waals surface area contributed by atoms with Gasteiger partial charge in [-0.3, -0.25) is 0 Å². The molecule has 7 rings (SSSR count). The lowest BCUT2D eigenvalue weighted by molar-refractivity contribution is 0.561. The summed E-state index contributed by atoms with van der Waals surface area (Å²) in [5.41, 5.74) is 8.20. The van der Waals surface area contributed by atoms with Crippen LogP contribution in [0.1, 0.15) is 22.8 Å². The van der Waals surface area contributed by atoms with E-state index in [1.54, 1.807) is 12.1 Å². The fourth-order valence-corrected chi connectivity index (χ4v) is 3.95. The number of aromatic amines is 2. The lowest BCUT2D eigenvalue weighted by Crippen LogP contribution is -1.93. The highest BCUT2D eigenvalue weighted by Crippen LogP contribution is 2.17. The molecule has 0 unspecified atom stereocenters. The second kappa shape index (κ2) is 8.76. The summed E-state index contributed by atoms with van der Waals surface area (Å²) in [6.45, 7) is 0. The van der Waals surface area contributed by atoms with Gasteiger partial charge in [0.15, 0.2) is 0 Å². The average Bonchev–Trinajstić information content (AvgIpc) is 3.66. The Bertz CT molecular complexity index is 1660. The van der Waals surface area contributed by atoms with Crippen molar-refractivity contribution in [2.45, 2.75) is 0 Å². The Kier molecular flexibility index (Phi) is 5.16. The molecule has 0 saturated heterocycles. The summed E-state index contributed by atoms with van der Waals surface area (Å²) in [7, 11) is 0. The molecule has 6 heterocycles. The first-order chi connectivity index (χ1) is 17.2. The SMILES string of the molecule is C1=Cc2cc3ccc(cc4nc(cc5ccc(cc1n2)[nH]5)C=C4)[nH]3.O=c1ccc2ccccc2o1. The first-order valence-corrected chi connectivity index (χ1v) is 11.2. The summed E-state index contributed by atoms with van der Waals surface area (Å²) in [4.78, 5) is 26.7. The van der Waals surface area contributed by atoms with Gasteiger partial charge in [-0.25, -0.2) is 14.8 Å². The van der Waals surface area contributed by atoms with E-state index in [-0.39, 0.29) is 5.63 Å². The quantitative estimate of drug-likeness (QED) is 0.257. The minimum atomic E-state index is -0.302. The van der Waals surface area contributed by atoms with Crippen LogP contribution in [-0.4, -0.2) is 19.9 Å². The molecule has 0 atom stereocenters. The van der Waals surface area contributed by atoms with E-state index in [0.717, 1.165) is 50.2 Å². The zero-order valence-electron chi connectivity index (χ0n) is 18.6. The van der Waals surface area contributed by atoms with Crippen molar-refractivity contribution in [3.63, 3.8) is 0 Å². The summed E-state index contributed by atoms with van der Waals surface area (Å²) >= 11 is 0. The maximum Gasteiger partial charge on any atom is 0.336 e. The van der Waals surface area contributed by atoms with E-state index in [4.69, 9.17) is 4.42 Å². The Hall–Kier alpha value is -4.97. The van der Waals surface area contributed by atoms with Gasteiger partial charge in [0.25, 0.3) is 0 Å². The highest BCUT2D eigenvalue weighted by Gasteiger charge is 2.01. The van der Waals surface area contributed by atoms with Gasteiger partial charge in [0.1, 0.15) is 5.58 Å². The maximum absolute atomic E-state index is 10.7. The molecule has 35 heavy (non-hydrogen) atoms. The molecule has 0 aliphatic carbocycles. The molecule has 6 heteroatoms. The summed E-state index contributed by atoms with van der Waals surface area (Å²) in [6, 6.07) is 27.0. The minimum Gasteiger partial charge on any atom is -0.423 e. The number of hydrogen-bond acceptors (Lipinski definition) is 4. The van der Waals surface area contributed by atoms with Crippen LogP contribution in [0.5, 0.6) is 0 Å². The Morgan fingerprint density at radius 2 is 1.00 bits per heavy atom. The van der Waals surface area contributed by atoms with Crippen molar-refractivity contribution in [1.29, 1.82) is 0 Å². The fourth-order valence-electron chi connectivity index (χ4n) is 3.95. The van der Waals surface area contributed by atoms with E-state index in [9.17, 15) is 4.79 Å². The Balaban J connectivity index is 0.000000174. The zero-order chi connectivity index (χ0) is 23.6. The van der Waals surface area contributed by atoms with Gasteiger partial charge >= 0.3 is 5.63 Å². The van der Waals surface area contributed by atoms with Gasteiger partial charge in [0, 0.05) is 33.5 Å². The van der Waals surface area contributed by atoms with Gasteiger partial charge in [-0.1, -0.05) is 18.2 Å². The molecular weight excluding hydrogens is 436 g/mol. The third-order valence-corrected chi connectivity index (χ3v) is 5.57. The topological polar surface area (TPSA) is 87.6 Å². The van der Waals surface area contributed by atoms with Crippen molar-refractivity contribution in [2.75, 3.05) is 0 Å². The number of H-pyrrole nitrogens is 2. The van der Waals surface area contributed by atoms with Crippen LogP contribution in [-0.2, 0) is 0 Å². The van der Waals surface area contributed by atoms with Crippen molar-refractivity contribution >= 4 is 57.3 Å². The number of fused-ring (bicyclic) bond motifs is 9. The molecule has 4 aromatic heterocycles. The summed E-state index contributed by atoms with van der Waals surface area (Å²) in [6.07, 6.45) is 8.09. The third-order valence-electron chi connectivity index (χ3n) is 5.57. The normalized spacial score (nSPS) is 11.9. The van der Waals surface area contributed by atoms with E-state index >= 15 is 0 Å². The summed E-state index contributed by atoms with van der Waals surface area (Å²) in [5, 5.41) is 0.951. The second-order valence-corrected chi connectivity index (χ2v) is 8.20. The molecule has 0 amide bonds. The number of para-hydroxylation sites is 1. The molecular formula is C29H20N4O2. The molecule has 0 radical (unpaired) electrons. The maximum atomic E-state index is 10.7. The van der Waals surface area contributed by atoms with Crippen LogP contribution in [0.2, 0.25) is 0 Å². The molecule has 2 aliphatic rings. The third kappa shape index (κ3) is 4.72. The second-order valence-electron chi connectivity index (χ2n) is 8.20. The molecule has 2 N–H and O–H groups in total. The molecule has 8 bridgehead atoms. The smallest absolute Gasteiger partial charge is 0.336 e. The van der Waals surface area contributed by atoms with E-state index in [0.29, 0.717) is 5.58 Å². The highest BCUT2D eigenvalue weighted by molar-refractivity contribution is 5.77. The highest BCUT2D eigenvalue weighted by atomic mass is 16.4. The van der Waals surface area contributed by atoms with Gasteiger partial charge in [0.05, 0.1) is 22.8 Å². The van der Waals surface area contributed by atoms with Crippen LogP contribution < -0.4 is 5.63 Å². The molecule has 6 nitrogen and oxygen atoms in total. The predicted molar refractivity (Wildman–Crippen MR) is 141 cm³/mol. The number of hydrogen-bond donors (Lipinski definition) is 2. The zero-order valence-corrected chi connectivity index (χ0v) is 18.6. The van der Waals surface area contributed by atoms with Gasteiger partial charge in [-0.05, 0) is 85.0 Å². The van der Waals surface area contributed by atoms with E-state index in [1.165, 1.54) is 6.07 Å². The fraction of sp³-hybridized carbons (Fsp3) is 0. The summed E-state index contributed by atoms with van der Waals surface area (Å²) < 4.78 is 4.91. The lowest BCUT2D eigenvalue weighted by atomic mass is 10.2. The van der Waals surface area contributed by atoms with Gasteiger partial charge < -0.3 is 14.4 Å². The van der Waals surface area contributed by atoms with Crippen molar-refractivity contribution in [2.24, 2.45) is 0 Å². The van der Waals surface area contributed by atoms with Gasteiger partial charge in [0.2, 0.25) is 0 Å². The predicted octanol–water partition coefficient (Wildman–Crippen LogP) is 6.45. The average molecular weight is 457 g/mol. The van der Waals surface area contributed by atoms with Crippen LogP contribution in [0.4, 0.5) is 0 Å². The first-order valence-electron chi connectivity index (χ1n) is 11.2. The Morgan fingerprint density at radius 3 is 1.49 bits per heavy atom. The summed E-state index contributed by atoms with van der Waals surface area (Å²) in [5.74, 6) is 0. The molecule has 0 saturated carbocycles. The number of rotatable bonds is 0. The number of aromatic nitrogens is 4. The van der Waals surface area contributed by atoms with Crippen LogP contribution in [0.25, 0.3) is 57.3 Å². The standard InChI is InChI=1S/C20H14N4.C9H6O2/c1-2-14-10-16-5-6-18(23-16)12-20-8-7-19(24-20)11-17-4-3-15(22-17)9-13(1)21-14;10-9-6-5-7-3-1-2-4-8(7)11-9/h1-12,21,24H;1-6H. The molecule has 168 valence electrons. The Morgan fingerprint density at radius 1 is 0.543 bits per heavy atom. The number of nitrogens with zero attached hydrogens (tertiary/aromatic N) is 2. The molecule has 0 fully saturated rings. The van der Waals surface area contributed by atoms with Crippen molar-refractivity contribution in [1.82, 2.24) is 19.9 Å². The van der Waals surface area contributed by atoms with Crippen molar-refractivity contribution < 1.29 is 4.42 Å². The molecule has 1 aromatic carbocycles. The molecule has 0 spiro atoms. The molecule has 2 aliphatic heterocycles. The van der Waals surface area contributed by atoms with E-state index in [2.05, 4.69) is 44.2 Å². The van der Waals surface area contributed by atoms with Gasteiger partial charge in [-0.2, -0.15) is 0 Å². The molecule has 5 aromatic rings. The van der Waals surface area contributed by atoms with Crippen LogP contribution >= 0.6 is 0 Å². The Labute approximate surface area is 200 Å². The minimum absolute atomic E-state index is 0.302. The number of benzene rings is 1. The van der Waals surface area contributed by atoms with Crippen LogP contribution in [0.15, 0.2) is 94.1 Å². The van der Waals surface area contributed by atoms with Crippen molar-refractivity contribution in [3.8, 4) is 0 Å². The van der Waals surface area contributed by atoms with Gasteiger partial charge in [-0.15, -0.1) is 0 Å². The van der Waals surface area contributed by atoms with E-state index in [1.807, 2.05) is 66.8 Å².